The molecule has 174 valence electrons. The highest BCUT2D eigenvalue weighted by Gasteiger charge is 2.36. The summed E-state index contributed by atoms with van der Waals surface area (Å²) in [6.07, 6.45) is 4.76. The number of benzene rings is 2. The highest BCUT2D eigenvalue weighted by molar-refractivity contribution is 5.98. The molecule has 1 heterocycles. The molecule has 0 spiro atoms. The van der Waals surface area contributed by atoms with E-state index in [1.807, 2.05) is 30.3 Å². The average Bonchev–Trinajstić information content (AvgIpc) is 3.35. The predicted molar refractivity (Wildman–Crippen MR) is 125 cm³/mol. The quantitative estimate of drug-likeness (QED) is 0.709. The number of nitrogens with zero attached hydrogens (tertiary/aromatic N) is 1. The van der Waals surface area contributed by atoms with Crippen molar-refractivity contribution in [1.29, 1.82) is 0 Å². The Morgan fingerprint density at radius 1 is 0.818 bits per heavy atom. The number of ether oxygens (including phenoxy) is 1. The predicted octanol–water partition coefficient (Wildman–Crippen LogP) is 3.16. The Morgan fingerprint density at radius 2 is 1.45 bits per heavy atom. The van der Waals surface area contributed by atoms with Crippen molar-refractivity contribution in [3.05, 3.63) is 65.7 Å². The topological polar surface area (TPSA) is 87.7 Å². The van der Waals surface area contributed by atoms with Crippen molar-refractivity contribution in [2.24, 2.45) is 0 Å². The van der Waals surface area contributed by atoms with Crippen LogP contribution in [0.3, 0.4) is 0 Å². The summed E-state index contributed by atoms with van der Waals surface area (Å²) in [5.74, 6) is 0.438. The SMILES string of the molecule is COc1ccc(C(=O)N2CCC[C@H]2C(=O)NC2CCC(NC(=O)c3ccccc3)CC2)cc1. The van der Waals surface area contributed by atoms with Crippen molar-refractivity contribution in [3.63, 3.8) is 0 Å². The van der Waals surface area contributed by atoms with Crippen LogP contribution in [-0.2, 0) is 4.79 Å². The number of rotatable bonds is 6. The highest BCUT2D eigenvalue weighted by atomic mass is 16.5. The zero-order chi connectivity index (χ0) is 23.2. The molecule has 2 fully saturated rings. The number of hydrogen-bond acceptors (Lipinski definition) is 4. The average molecular weight is 450 g/mol. The third-order valence-corrected chi connectivity index (χ3v) is 6.60. The molecular formula is C26H31N3O4. The Morgan fingerprint density at radius 3 is 2.09 bits per heavy atom. The van der Waals surface area contributed by atoms with E-state index in [4.69, 9.17) is 4.74 Å². The van der Waals surface area contributed by atoms with E-state index in [0.717, 1.165) is 32.1 Å². The van der Waals surface area contributed by atoms with Gasteiger partial charge in [-0.05, 0) is 74.9 Å². The molecule has 7 heteroatoms. The van der Waals surface area contributed by atoms with Crippen molar-refractivity contribution >= 4 is 17.7 Å². The van der Waals surface area contributed by atoms with Crippen LogP contribution in [0, 0.1) is 0 Å². The monoisotopic (exact) mass is 449 g/mol. The second-order valence-electron chi connectivity index (χ2n) is 8.78. The normalized spacial score (nSPS) is 22.5. The van der Waals surface area contributed by atoms with E-state index in [0.29, 0.717) is 29.8 Å². The number of likely N-dealkylation sites (tertiary alicyclic amines) is 1. The van der Waals surface area contributed by atoms with Crippen molar-refractivity contribution < 1.29 is 19.1 Å². The standard InChI is InChI=1S/C26H31N3O4/c1-33-22-15-9-19(10-16-22)26(32)29-17-5-8-23(29)25(31)28-21-13-11-20(12-14-21)27-24(30)18-6-3-2-4-7-18/h2-4,6-7,9-10,15-16,20-21,23H,5,8,11-14,17H2,1H3,(H,27,30)(H,28,31)/t20?,21?,23-/m0/s1. The van der Waals surface area contributed by atoms with Crippen LogP contribution in [0.25, 0.3) is 0 Å². The molecule has 0 radical (unpaired) electrons. The Labute approximate surface area is 194 Å². The molecule has 2 aromatic carbocycles. The Balaban J connectivity index is 1.27. The third kappa shape index (κ3) is 5.53. The molecule has 0 unspecified atom stereocenters. The smallest absolute Gasteiger partial charge is 0.254 e. The molecular weight excluding hydrogens is 418 g/mol. The largest absolute Gasteiger partial charge is 0.497 e. The van der Waals surface area contributed by atoms with Gasteiger partial charge >= 0.3 is 0 Å². The summed E-state index contributed by atoms with van der Waals surface area (Å²) < 4.78 is 5.16. The maximum atomic E-state index is 13.0. The number of methoxy groups -OCH3 is 1. The molecule has 1 saturated carbocycles. The fourth-order valence-corrected chi connectivity index (χ4v) is 4.72. The molecule has 4 rings (SSSR count). The van der Waals surface area contributed by atoms with Gasteiger partial charge in [0.2, 0.25) is 5.91 Å². The number of carbonyl (C=O) groups is 3. The van der Waals surface area contributed by atoms with Gasteiger partial charge in [0.25, 0.3) is 11.8 Å². The van der Waals surface area contributed by atoms with E-state index in [-0.39, 0.29) is 29.8 Å². The molecule has 2 N–H and O–H groups in total. The summed E-state index contributed by atoms with van der Waals surface area (Å²) in [5.41, 5.74) is 1.22. The summed E-state index contributed by atoms with van der Waals surface area (Å²) in [4.78, 5) is 40.0. The Bertz CT molecular complexity index is 969. The molecule has 1 saturated heterocycles. The van der Waals surface area contributed by atoms with Crippen molar-refractivity contribution in [1.82, 2.24) is 15.5 Å². The van der Waals surface area contributed by atoms with Gasteiger partial charge in [-0.2, -0.15) is 0 Å². The van der Waals surface area contributed by atoms with E-state index in [1.54, 1.807) is 36.3 Å². The van der Waals surface area contributed by atoms with Crippen molar-refractivity contribution in [2.75, 3.05) is 13.7 Å². The first-order valence-electron chi connectivity index (χ1n) is 11.7. The first-order valence-corrected chi connectivity index (χ1v) is 11.7. The molecule has 1 aliphatic carbocycles. The van der Waals surface area contributed by atoms with Gasteiger partial charge < -0.3 is 20.3 Å². The number of hydrogen-bond donors (Lipinski definition) is 2. The highest BCUT2D eigenvalue weighted by Crippen LogP contribution is 2.24. The molecule has 0 bridgehead atoms. The van der Waals surface area contributed by atoms with Crippen molar-refractivity contribution in [3.8, 4) is 5.75 Å². The van der Waals surface area contributed by atoms with Gasteiger partial charge in [-0.25, -0.2) is 0 Å². The van der Waals surface area contributed by atoms with Gasteiger partial charge in [0.05, 0.1) is 7.11 Å². The number of nitrogens with one attached hydrogen (secondary N) is 2. The number of carbonyl (C=O) groups excluding carboxylic acids is 3. The first-order chi connectivity index (χ1) is 16.0. The van der Waals surface area contributed by atoms with Crippen LogP contribution in [0.1, 0.15) is 59.2 Å². The van der Waals surface area contributed by atoms with Crippen LogP contribution in [0.4, 0.5) is 0 Å². The van der Waals surface area contributed by atoms with Gasteiger partial charge in [-0.15, -0.1) is 0 Å². The minimum absolute atomic E-state index is 0.0540. The summed E-state index contributed by atoms with van der Waals surface area (Å²) >= 11 is 0. The van der Waals surface area contributed by atoms with Gasteiger partial charge in [-0.1, -0.05) is 18.2 Å². The summed E-state index contributed by atoms with van der Waals surface area (Å²) in [7, 11) is 1.59. The minimum atomic E-state index is -0.435. The third-order valence-electron chi connectivity index (χ3n) is 6.60. The Kier molecular flexibility index (Phi) is 7.27. The van der Waals surface area contributed by atoms with E-state index in [1.165, 1.54) is 0 Å². The summed E-state index contributed by atoms with van der Waals surface area (Å²) in [6, 6.07) is 15.9. The van der Waals surface area contributed by atoms with E-state index in [2.05, 4.69) is 10.6 Å². The molecule has 1 aliphatic heterocycles. The zero-order valence-corrected chi connectivity index (χ0v) is 19.0. The maximum Gasteiger partial charge on any atom is 0.254 e. The van der Waals surface area contributed by atoms with Crippen LogP contribution in [0.5, 0.6) is 5.75 Å². The molecule has 33 heavy (non-hydrogen) atoms. The molecule has 2 aliphatic rings. The lowest BCUT2D eigenvalue weighted by atomic mass is 9.90. The fourth-order valence-electron chi connectivity index (χ4n) is 4.72. The van der Waals surface area contributed by atoms with Gasteiger partial charge in [0.15, 0.2) is 0 Å². The summed E-state index contributed by atoms with van der Waals surface area (Å²) in [6.45, 7) is 0.585. The number of amides is 3. The molecule has 3 amide bonds. The lowest BCUT2D eigenvalue weighted by molar-refractivity contribution is -0.125. The second kappa shape index (κ2) is 10.5. The van der Waals surface area contributed by atoms with E-state index < -0.39 is 6.04 Å². The lowest BCUT2D eigenvalue weighted by Crippen LogP contribution is -2.50. The molecule has 1 atom stereocenters. The molecule has 0 aromatic heterocycles. The summed E-state index contributed by atoms with van der Waals surface area (Å²) in [5, 5.41) is 6.25. The second-order valence-corrected chi connectivity index (χ2v) is 8.78. The molecule has 7 nitrogen and oxygen atoms in total. The van der Waals surface area contributed by atoms with Crippen LogP contribution in [-0.4, -0.2) is 54.4 Å². The lowest BCUT2D eigenvalue weighted by Gasteiger charge is -2.31. The van der Waals surface area contributed by atoms with Crippen LogP contribution < -0.4 is 15.4 Å². The van der Waals surface area contributed by atoms with Crippen LogP contribution in [0.15, 0.2) is 54.6 Å². The fraction of sp³-hybridized carbons (Fsp3) is 0.423. The van der Waals surface area contributed by atoms with Crippen molar-refractivity contribution in [2.45, 2.75) is 56.7 Å². The minimum Gasteiger partial charge on any atom is -0.497 e. The van der Waals surface area contributed by atoms with Gasteiger partial charge in [0.1, 0.15) is 11.8 Å². The van der Waals surface area contributed by atoms with Gasteiger partial charge in [0, 0.05) is 29.8 Å². The first kappa shape index (κ1) is 22.8. The van der Waals surface area contributed by atoms with Crippen LogP contribution >= 0.6 is 0 Å². The Hall–Kier alpha value is -3.35. The molecule has 2 aromatic rings. The van der Waals surface area contributed by atoms with E-state index >= 15 is 0 Å². The maximum absolute atomic E-state index is 13.0. The van der Waals surface area contributed by atoms with E-state index in [9.17, 15) is 14.4 Å². The zero-order valence-electron chi connectivity index (χ0n) is 19.0. The van der Waals surface area contributed by atoms with Gasteiger partial charge in [-0.3, -0.25) is 14.4 Å². The van der Waals surface area contributed by atoms with Crippen LogP contribution in [0.2, 0.25) is 0 Å².